The summed E-state index contributed by atoms with van der Waals surface area (Å²) < 4.78 is 5.11. The van der Waals surface area contributed by atoms with E-state index in [0.29, 0.717) is 5.69 Å². The van der Waals surface area contributed by atoms with Gasteiger partial charge in [0.2, 0.25) is 11.8 Å². The lowest BCUT2D eigenvalue weighted by Gasteiger charge is -2.39. The molecular weight excluding hydrogens is 304 g/mol. The lowest BCUT2D eigenvalue weighted by molar-refractivity contribution is -0.149. The Bertz CT molecular complexity index is 581. The molecule has 1 N–H and O–H groups in total. The van der Waals surface area contributed by atoms with Gasteiger partial charge in [0.25, 0.3) is 0 Å². The van der Waals surface area contributed by atoms with Crippen molar-refractivity contribution in [3.05, 3.63) is 24.3 Å². The number of carbonyl (C=O) groups excluding carboxylic acids is 2. The van der Waals surface area contributed by atoms with Crippen LogP contribution in [0.1, 0.15) is 46.5 Å². The summed E-state index contributed by atoms with van der Waals surface area (Å²) in [6.07, 6.45) is 4.12. The molecule has 1 fully saturated rings. The summed E-state index contributed by atoms with van der Waals surface area (Å²) in [7, 11) is 1.60. The van der Waals surface area contributed by atoms with Crippen LogP contribution >= 0.6 is 0 Å². The number of carbonyl (C=O) groups is 2. The van der Waals surface area contributed by atoms with Crippen LogP contribution in [-0.4, -0.2) is 36.4 Å². The Morgan fingerprint density at radius 1 is 1.25 bits per heavy atom. The predicted octanol–water partition coefficient (Wildman–Crippen LogP) is 3.45. The average Bonchev–Trinajstić information content (AvgIpc) is 2.61. The van der Waals surface area contributed by atoms with Crippen LogP contribution in [0.3, 0.4) is 0 Å². The highest BCUT2D eigenvalue weighted by Gasteiger charge is 2.41. The van der Waals surface area contributed by atoms with Crippen molar-refractivity contribution in [2.24, 2.45) is 5.41 Å². The Balaban J connectivity index is 2.09. The molecule has 1 aliphatic rings. The van der Waals surface area contributed by atoms with Gasteiger partial charge in [-0.2, -0.15) is 0 Å². The molecule has 132 valence electrons. The third kappa shape index (κ3) is 3.89. The summed E-state index contributed by atoms with van der Waals surface area (Å²) in [5.74, 6) is 0.362. The number of hydrogen-bond acceptors (Lipinski definition) is 3. The molecule has 0 aliphatic carbocycles. The molecule has 0 saturated carbocycles. The predicted molar refractivity (Wildman–Crippen MR) is 95.0 cm³/mol. The van der Waals surface area contributed by atoms with Crippen molar-refractivity contribution in [3.63, 3.8) is 0 Å². The molecule has 1 heterocycles. The van der Waals surface area contributed by atoms with Crippen LogP contribution in [0.25, 0.3) is 0 Å². The van der Waals surface area contributed by atoms with Crippen LogP contribution in [0.2, 0.25) is 0 Å². The number of anilines is 1. The molecule has 1 unspecified atom stereocenters. The molecule has 5 nitrogen and oxygen atoms in total. The standard InChI is InChI=1S/C19H28N2O3/c1-5-15-8-6-7-13-21(15)18(23)19(2,3)17(22)20-14-9-11-16(24-4)12-10-14/h9-12,15H,5-8,13H2,1-4H3,(H,20,22). The maximum Gasteiger partial charge on any atom is 0.239 e. The van der Waals surface area contributed by atoms with Crippen molar-refractivity contribution in [2.75, 3.05) is 19.0 Å². The SMILES string of the molecule is CCC1CCCCN1C(=O)C(C)(C)C(=O)Nc1ccc(OC)cc1. The second-order valence-corrected chi connectivity index (χ2v) is 6.86. The monoisotopic (exact) mass is 332 g/mol. The lowest BCUT2D eigenvalue weighted by Crippen LogP contribution is -2.52. The summed E-state index contributed by atoms with van der Waals surface area (Å²) in [6, 6.07) is 7.35. The Morgan fingerprint density at radius 3 is 2.50 bits per heavy atom. The van der Waals surface area contributed by atoms with E-state index in [0.717, 1.165) is 38.0 Å². The topological polar surface area (TPSA) is 58.6 Å². The zero-order valence-electron chi connectivity index (χ0n) is 15.1. The van der Waals surface area contributed by atoms with E-state index < -0.39 is 5.41 Å². The van der Waals surface area contributed by atoms with E-state index in [1.54, 1.807) is 45.2 Å². The fourth-order valence-corrected chi connectivity index (χ4v) is 3.11. The van der Waals surface area contributed by atoms with Crippen molar-refractivity contribution in [2.45, 2.75) is 52.5 Å². The number of amides is 2. The van der Waals surface area contributed by atoms with E-state index in [4.69, 9.17) is 4.74 Å². The molecule has 2 rings (SSSR count). The van der Waals surface area contributed by atoms with Crippen LogP contribution < -0.4 is 10.1 Å². The Hall–Kier alpha value is -2.04. The summed E-state index contributed by atoms with van der Waals surface area (Å²) in [5, 5.41) is 2.84. The van der Waals surface area contributed by atoms with Crippen molar-refractivity contribution >= 4 is 17.5 Å². The first-order valence-electron chi connectivity index (χ1n) is 8.66. The van der Waals surface area contributed by atoms with Gasteiger partial charge in [0.1, 0.15) is 11.2 Å². The van der Waals surface area contributed by atoms with Gasteiger partial charge in [0.15, 0.2) is 0 Å². The molecule has 2 amide bonds. The molecule has 1 aromatic rings. The first-order valence-corrected chi connectivity index (χ1v) is 8.66. The molecule has 0 radical (unpaired) electrons. The molecule has 24 heavy (non-hydrogen) atoms. The second-order valence-electron chi connectivity index (χ2n) is 6.86. The van der Waals surface area contributed by atoms with Crippen molar-refractivity contribution in [1.82, 2.24) is 4.90 Å². The minimum Gasteiger partial charge on any atom is -0.497 e. The van der Waals surface area contributed by atoms with E-state index >= 15 is 0 Å². The van der Waals surface area contributed by atoms with Gasteiger partial charge < -0.3 is 15.0 Å². The molecular formula is C19H28N2O3. The minimum absolute atomic E-state index is 0.0833. The third-order valence-corrected chi connectivity index (χ3v) is 4.81. The zero-order valence-corrected chi connectivity index (χ0v) is 15.1. The highest BCUT2D eigenvalue weighted by Crippen LogP contribution is 2.28. The third-order valence-electron chi connectivity index (χ3n) is 4.81. The summed E-state index contributed by atoms with van der Waals surface area (Å²) >= 11 is 0. The summed E-state index contributed by atoms with van der Waals surface area (Å²) in [6.45, 7) is 6.25. The molecule has 1 aromatic carbocycles. The molecule has 1 saturated heterocycles. The van der Waals surface area contributed by atoms with Gasteiger partial charge in [-0.05, 0) is 63.8 Å². The van der Waals surface area contributed by atoms with E-state index in [1.807, 2.05) is 4.90 Å². The number of nitrogens with one attached hydrogen (secondary N) is 1. The van der Waals surface area contributed by atoms with Gasteiger partial charge in [-0.15, -0.1) is 0 Å². The van der Waals surface area contributed by atoms with Gasteiger partial charge in [0.05, 0.1) is 7.11 Å². The van der Waals surface area contributed by atoms with Gasteiger partial charge in [0, 0.05) is 18.3 Å². The molecule has 0 aromatic heterocycles. The van der Waals surface area contributed by atoms with Crippen molar-refractivity contribution in [1.29, 1.82) is 0 Å². The second kappa shape index (κ2) is 7.69. The van der Waals surface area contributed by atoms with Gasteiger partial charge >= 0.3 is 0 Å². The number of ether oxygens (including phenoxy) is 1. The van der Waals surface area contributed by atoms with Crippen LogP contribution in [-0.2, 0) is 9.59 Å². The van der Waals surface area contributed by atoms with Crippen molar-refractivity contribution in [3.8, 4) is 5.75 Å². The number of piperidine rings is 1. The Kier molecular flexibility index (Phi) is 5.86. The molecule has 1 aliphatic heterocycles. The van der Waals surface area contributed by atoms with Crippen LogP contribution in [0, 0.1) is 5.41 Å². The number of likely N-dealkylation sites (tertiary alicyclic amines) is 1. The van der Waals surface area contributed by atoms with E-state index in [1.165, 1.54) is 0 Å². The Morgan fingerprint density at radius 2 is 1.92 bits per heavy atom. The van der Waals surface area contributed by atoms with Crippen molar-refractivity contribution < 1.29 is 14.3 Å². The lowest BCUT2D eigenvalue weighted by atomic mass is 9.87. The molecule has 0 bridgehead atoms. The normalized spacial score (nSPS) is 18.2. The van der Waals surface area contributed by atoms with E-state index in [2.05, 4.69) is 12.2 Å². The maximum absolute atomic E-state index is 13.0. The van der Waals surface area contributed by atoms with Gasteiger partial charge in [-0.25, -0.2) is 0 Å². The molecule has 5 heteroatoms. The fraction of sp³-hybridized carbons (Fsp3) is 0.579. The zero-order chi connectivity index (χ0) is 17.7. The number of nitrogens with zero attached hydrogens (tertiary/aromatic N) is 1. The largest absolute Gasteiger partial charge is 0.497 e. The minimum atomic E-state index is -1.09. The first kappa shape index (κ1) is 18.3. The molecule has 1 atom stereocenters. The summed E-state index contributed by atoms with van der Waals surface area (Å²) in [5.41, 5.74) is -0.433. The maximum atomic E-state index is 13.0. The van der Waals surface area contributed by atoms with E-state index in [-0.39, 0.29) is 17.9 Å². The highest BCUT2D eigenvalue weighted by atomic mass is 16.5. The van der Waals surface area contributed by atoms with Crippen LogP contribution in [0.4, 0.5) is 5.69 Å². The van der Waals surface area contributed by atoms with E-state index in [9.17, 15) is 9.59 Å². The first-order chi connectivity index (χ1) is 11.4. The average molecular weight is 332 g/mol. The van der Waals surface area contributed by atoms with Gasteiger partial charge in [-0.3, -0.25) is 9.59 Å². The smallest absolute Gasteiger partial charge is 0.239 e. The fourth-order valence-electron chi connectivity index (χ4n) is 3.11. The van der Waals surface area contributed by atoms with Crippen LogP contribution in [0.15, 0.2) is 24.3 Å². The number of rotatable bonds is 5. The number of methoxy groups -OCH3 is 1. The van der Waals surface area contributed by atoms with Gasteiger partial charge in [-0.1, -0.05) is 6.92 Å². The number of hydrogen-bond donors (Lipinski definition) is 1. The van der Waals surface area contributed by atoms with Crippen LogP contribution in [0.5, 0.6) is 5.75 Å². The number of benzene rings is 1. The quantitative estimate of drug-likeness (QED) is 0.840. The molecule has 0 spiro atoms. The Labute approximate surface area is 144 Å². The highest BCUT2D eigenvalue weighted by molar-refractivity contribution is 6.09. The summed E-state index contributed by atoms with van der Waals surface area (Å²) in [4.78, 5) is 27.5.